The molecule has 0 aliphatic carbocycles. The number of halogens is 2. The zero-order chi connectivity index (χ0) is 18.5. The fourth-order valence-corrected chi connectivity index (χ4v) is 3.51. The van der Waals surface area contributed by atoms with E-state index in [0.717, 1.165) is 30.8 Å². The van der Waals surface area contributed by atoms with Crippen LogP contribution in [0, 0.1) is 18.3 Å². The molecule has 0 saturated heterocycles. The predicted octanol–water partition coefficient (Wildman–Crippen LogP) is 3.83. The molecule has 3 heterocycles. The van der Waals surface area contributed by atoms with Gasteiger partial charge in [-0.25, -0.2) is 0 Å². The van der Waals surface area contributed by atoms with Crippen molar-refractivity contribution in [2.75, 3.05) is 0 Å². The first-order chi connectivity index (χ1) is 12.4. The number of benzene rings is 1. The minimum absolute atomic E-state index is 0.0510. The number of aromatic nitrogens is 1. The van der Waals surface area contributed by atoms with Gasteiger partial charge in [-0.05, 0) is 43.5 Å². The van der Waals surface area contributed by atoms with Gasteiger partial charge in [-0.3, -0.25) is 4.79 Å². The second-order valence-corrected chi connectivity index (χ2v) is 6.22. The van der Waals surface area contributed by atoms with Crippen molar-refractivity contribution in [3.8, 4) is 17.6 Å². The van der Waals surface area contributed by atoms with Crippen molar-refractivity contribution in [2.45, 2.75) is 32.6 Å². The molecule has 2 aliphatic heterocycles. The van der Waals surface area contributed by atoms with E-state index in [1.54, 1.807) is 6.07 Å². The molecule has 0 N–H and O–H groups in total. The van der Waals surface area contributed by atoms with Gasteiger partial charge >= 0.3 is 6.29 Å². The van der Waals surface area contributed by atoms with Gasteiger partial charge in [-0.2, -0.15) is 5.26 Å². The summed E-state index contributed by atoms with van der Waals surface area (Å²) in [5.41, 5.74) is 3.05. The Balaban J connectivity index is 1.62. The fraction of sp³-hybridized carbons (Fsp3) is 0.263. The molecule has 0 atom stereocenters. The third-order valence-corrected chi connectivity index (χ3v) is 4.64. The summed E-state index contributed by atoms with van der Waals surface area (Å²) < 4.78 is 36.9. The Kier molecular flexibility index (Phi) is 3.58. The quantitative estimate of drug-likeness (QED) is 0.619. The third-order valence-electron chi connectivity index (χ3n) is 4.64. The number of fused-ring (bicyclic) bond motifs is 2. The number of allylic oxidation sites excluding steroid dienone is 1. The van der Waals surface area contributed by atoms with Crippen molar-refractivity contribution in [1.29, 1.82) is 5.26 Å². The number of alkyl halides is 2. The van der Waals surface area contributed by atoms with Crippen LogP contribution in [0.5, 0.6) is 11.5 Å². The smallest absolute Gasteiger partial charge is 0.395 e. The average Bonchev–Trinajstić information content (AvgIpc) is 3.24. The summed E-state index contributed by atoms with van der Waals surface area (Å²) in [6, 6.07) is 6.42. The van der Waals surface area contributed by atoms with Gasteiger partial charge in [-0.1, -0.05) is 12.1 Å². The molecule has 0 amide bonds. The van der Waals surface area contributed by atoms with Crippen LogP contribution in [-0.2, 0) is 13.0 Å². The molecular formula is C19H14F2N2O3. The first-order valence-corrected chi connectivity index (χ1v) is 8.14. The molecular weight excluding hydrogens is 342 g/mol. The molecule has 0 unspecified atom stereocenters. The topological polar surface area (TPSA) is 64.2 Å². The Hall–Kier alpha value is -3.14. The Morgan fingerprint density at radius 1 is 1.35 bits per heavy atom. The molecule has 1 aromatic carbocycles. The Labute approximate surface area is 148 Å². The Bertz CT molecular complexity index is 999. The predicted molar refractivity (Wildman–Crippen MR) is 88.2 cm³/mol. The molecule has 0 saturated carbocycles. The first kappa shape index (κ1) is 16.3. The van der Waals surface area contributed by atoms with Crippen LogP contribution in [0.25, 0.3) is 6.08 Å². The molecule has 5 nitrogen and oxygen atoms in total. The molecule has 0 spiro atoms. The number of carbonyl (C=O) groups is 1. The summed E-state index contributed by atoms with van der Waals surface area (Å²) in [7, 11) is 0. The summed E-state index contributed by atoms with van der Waals surface area (Å²) >= 11 is 0. The molecule has 2 aromatic rings. The molecule has 1 aromatic heterocycles. The normalized spacial score (nSPS) is 16.7. The lowest BCUT2D eigenvalue weighted by atomic mass is 10.0. The van der Waals surface area contributed by atoms with Crippen LogP contribution >= 0.6 is 0 Å². The van der Waals surface area contributed by atoms with Gasteiger partial charge in [0.1, 0.15) is 6.07 Å². The lowest BCUT2D eigenvalue weighted by molar-refractivity contribution is -0.286. The van der Waals surface area contributed by atoms with E-state index in [1.807, 2.05) is 11.5 Å². The van der Waals surface area contributed by atoms with Gasteiger partial charge in [0, 0.05) is 17.9 Å². The lowest BCUT2D eigenvalue weighted by Gasteiger charge is -2.04. The minimum atomic E-state index is -3.67. The average molecular weight is 356 g/mol. The lowest BCUT2D eigenvalue weighted by Crippen LogP contribution is -2.25. The van der Waals surface area contributed by atoms with Crippen LogP contribution in [0.4, 0.5) is 8.78 Å². The monoisotopic (exact) mass is 356 g/mol. The van der Waals surface area contributed by atoms with E-state index in [9.17, 15) is 18.8 Å². The molecule has 0 fully saturated rings. The van der Waals surface area contributed by atoms with Crippen molar-refractivity contribution in [3.63, 3.8) is 0 Å². The van der Waals surface area contributed by atoms with Crippen LogP contribution in [0.1, 0.15) is 39.3 Å². The molecule has 7 heteroatoms. The minimum Gasteiger partial charge on any atom is -0.395 e. The number of nitriles is 1. The second-order valence-electron chi connectivity index (χ2n) is 6.22. The highest BCUT2D eigenvalue weighted by Gasteiger charge is 2.43. The summed E-state index contributed by atoms with van der Waals surface area (Å²) in [5.74, 6) is -0.421. The molecule has 26 heavy (non-hydrogen) atoms. The fourth-order valence-electron chi connectivity index (χ4n) is 3.51. The highest BCUT2D eigenvalue weighted by atomic mass is 19.3. The van der Waals surface area contributed by atoms with E-state index in [1.165, 1.54) is 24.3 Å². The van der Waals surface area contributed by atoms with E-state index < -0.39 is 6.29 Å². The SMILES string of the molecule is Cc1c(C(=O)/C=C/c2ccc3c(c2)OC(F)(F)O3)c(C#N)c2n1CCC2. The van der Waals surface area contributed by atoms with Crippen LogP contribution in [0.3, 0.4) is 0 Å². The van der Waals surface area contributed by atoms with Crippen molar-refractivity contribution < 1.29 is 23.0 Å². The van der Waals surface area contributed by atoms with E-state index in [0.29, 0.717) is 16.7 Å². The molecule has 2 aliphatic rings. The summed E-state index contributed by atoms with van der Waals surface area (Å²) in [5, 5.41) is 9.44. The Morgan fingerprint density at radius 2 is 2.12 bits per heavy atom. The number of hydrogen-bond donors (Lipinski definition) is 0. The van der Waals surface area contributed by atoms with E-state index in [-0.39, 0.29) is 17.3 Å². The number of ether oxygens (including phenoxy) is 2. The second kappa shape index (κ2) is 5.70. The maximum absolute atomic E-state index is 13.1. The van der Waals surface area contributed by atoms with Crippen LogP contribution in [0.15, 0.2) is 24.3 Å². The summed E-state index contributed by atoms with van der Waals surface area (Å²) in [4.78, 5) is 12.6. The zero-order valence-electron chi connectivity index (χ0n) is 13.9. The molecule has 0 bridgehead atoms. The van der Waals surface area contributed by atoms with Crippen molar-refractivity contribution >= 4 is 11.9 Å². The van der Waals surface area contributed by atoms with Crippen molar-refractivity contribution in [3.05, 3.63) is 52.4 Å². The van der Waals surface area contributed by atoms with Gasteiger partial charge < -0.3 is 14.0 Å². The van der Waals surface area contributed by atoms with E-state index in [4.69, 9.17) is 0 Å². The number of hydrogen-bond acceptors (Lipinski definition) is 4. The van der Waals surface area contributed by atoms with Crippen molar-refractivity contribution in [2.24, 2.45) is 0 Å². The highest BCUT2D eigenvalue weighted by molar-refractivity contribution is 6.09. The number of ketones is 1. The zero-order valence-corrected chi connectivity index (χ0v) is 13.9. The summed E-state index contributed by atoms with van der Waals surface area (Å²) in [6.07, 6.45) is 0.931. The standard InChI is InChI=1S/C19H14F2N2O3/c1-11-18(13(10-22)14-3-2-8-23(11)14)15(24)6-4-12-5-7-16-17(9-12)26-19(20,21)25-16/h4-7,9H,2-3,8H2,1H3/b6-4+. The molecule has 0 radical (unpaired) electrons. The van der Waals surface area contributed by atoms with Crippen molar-refractivity contribution in [1.82, 2.24) is 4.57 Å². The summed E-state index contributed by atoms with van der Waals surface area (Å²) in [6.45, 7) is 2.64. The third kappa shape index (κ3) is 2.54. The molecule has 4 rings (SSSR count). The van der Waals surface area contributed by atoms with Crippen LogP contribution in [0.2, 0.25) is 0 Å². The Morgan fingerprint density at radius 3 is 2.88 bits per heavy atom. The van der Waals surface area contributed by atoms with Gasteiger partial charge in [0.15, 0.2) is 17.3 Å². The van der Waals surface area contributed by atoms with Gasteiger partial charge in [0.05, 0.1) is 11.1 Å². The maximum Gasteiger partial charge on any atom is 0.586 e. The number of carbonyl (C=O) groups excluding carboxylic acids is 1. The van der Waals surface area contributed by atoms with Crippen LogP contribution in [-0.4, -0.2) is 16.6 Å². The molecule has 132 valence electrons. The first-order valence-electron chi connectivity index (χ1n) is 8.14. The van der Waals surface area contributed by atoms with E-state index in [2.05, 4.69) is 15.5 Å². The van der Waals surface area contributed by atoms with Gasteiger partial charge in [-0.15, -0.1) is 8.78 Å². The number of rotatable bonds is 3. The maximum atomic E-state index is 13.1. The van der Waals surface area contributed by atoms with Gasteiger partial charge in [0.2, 0.25) is 0 Å². The van der Waals surface area contributed by atoms with Gasteiger partial charge in [0.25, 0.3) is 0 Å². The highest BCUT2D eigenvalue weighted by Crippen LogP contribution is 2.41. The van der Waals surface area contributed by atoms with E-state index >= 15 is 0 Å². The van der Waals surface area contributed by atoms with Crippen LogP contribution < -0.4 is 9.47 Å². The number of nitrogens with zero attached hydrogens (tertiary/aromatic N) is 2. The largest absolute Gasteiger partial charge is 0.586 e.